The first kappa shape index (κ1) is 22.8. The lowest BCUT2D eigenvalue weighted by Gasteiger charge is -2.22. The highest BCUT2D eigenvalue weighted by atomic mass is 32.2. The average Bonchev–Trinajstić information content (AvgIpc) is 2.66. The van der Waals surface area contributed by atoms with E-state index in [0.29, 0.717) is 11.1 Å². The summed E-state index contributed by atoms with van der Waals surface area (Å²) in [4.78, 5) is 36.2. The minimum absolute atomic E-state index is 0.197. The molecule has 0 radical (unpaired) electrons. The van der Waals surface area contributed by atoms with Gasteiger partial charge in [-0.2, -0.15) is 0 Å². The molecular weight excluding hydrogens is 412 g/mol. The van der Waals surface area contributed by atoms with Gasteiger partial charge >= 0.3 is 0 Å². The molecule has 10 nitrogen and oxygen atoms in total. The first-order chi connectivity index (χ1) is 13.9. The van der Waals surface area contributed by atoms with Crippen molar-refractivity contribution in [3.8, 4) is 0 Å². The molecule has 0 saturated carbocycles. The van der Waals surface area contributed by atoms with Gasteiger partial charge in [0.05, 0.1) is 22.6 Å². The van der Waals surface area contributed by atoms with Crippen LogP contribution in [0.4, 0.5) is 17.1 Å². The fourth-order valence-electron chi connectivity index (χ4n) is 2.61. The van der Waals surface area contributed by atoms with Crippen LogP contribution in [-0.4, -0.2) is 57.0 Å². The van der Waals surface area contributed by atoms with Crippen LogP contribution < -0.4 is 9.62 Å². The minimum Gasteiger partial charge on any atom is -0.345 e. The lowest BCUT2D eigenvalue weighted by molar-refractivity contribution is -0.384. The zero-order chi connectivity index (χ0) is 22.6. The van der Waals surface area contributed by atoms with Gasteiger partial charge in [0, 0.05) is 31.8 Å². The van der Waals surface area contributed by atoms with Gasteiger partial charge in [0.2, 0.25) is 15.9 Å². The summed E-state index contributed by atoms with van der Waals surface area (Å²) in [7, 11) is -0.624. The number of anilines is 2. The quantitative estimate of drug-likeness (QED) is 0.524. The molecule has 0 heterocycles. The molecule has 0 bridgehead atoms. The van der Waals surface area contributed by atoms with E-state index >= 15 is 0 Å². The van der Waals surface area contributed by atoms with Gasteiger partial charge in [-0.05, 0) is 36.8 Å². The molecular formula is C19H22N4O6S. The summed E-state index contributed by atoms with van der Waals surface area (Å²) in [5.74, 6) is -0.913. The van der Waals surface area contributed by atoms with Gasteiger partial charge in [0.25, 0.3) is 11.6 Å². The molecule has 160 valence electrons. The standard InChI is InChI=1S/C19H22N4O6S/c1-13-5-8-16(23(26)27)11-17(13)20-18(24)12-22(30(4,28)29)15-9-6-14(7-10-15)19(25)21(2)3/h5-11H,12H2,1-4H3,(H,20,24). The van der Waals surface area contributed by atoms with Crippen molar-refractivity contribution in [1.29, 1.82) is 0 Å². The number of nitro groups is 1. The minimum atomic E-state index is -3.82. The van der Waals surface area contributed by atoms with Crippen LogP contribution in [0.1, 0.15) is 15.9 Å². The molecule has 2 aromatic rings. The van der Waals surface area contributed by atoms with Crippen molar-refractivity contribution in [2.45, 2.75) is 6.92 Å². The number of carbonyl (C=O) groups is 2. The largest absolute Gasteiger partial charge is 0.345 e. The van der Waals surface area contributed by atoms with E-state index in [9.17, 15) is 28.1 Å². The molecule has 0 aliphatic heterocycles. The smallest absolute Gasteiger partial charge is 0.271 e. The number of hydrogen-bond donors (Lipinski definition) is 1. The maximum atomic E-state index is 12.5. The van der Waals surface area contributed by atoms with Crippen LogP contribution in [0.2, 0.25) is 0 Å². The normalized spacial score (nSPS) is 10.9. The Morgan fingerprint density at radius 2 is 1.70 bits per heavy atom. The molecule has 0 unspecified atom stereocenters. The number of nitrogens with one attached hydrogen (secondary N) is 1. The summed E-state index contributed by atoms with van der Waals surface area (Å²) in [6, 6.07) is 9.82. The second-order valence-electron chi connectivity index (χ2n) is 6.82. The molecule has 0 aliphatic rings. The van der Waals surface area contributed by atoms with Crippen LogP contribution in [0.5, 0.6) is 0 Å². The topological polar surface area (TPSA) is 130 Å². The van der Waals surface area contributed by atoms with Crippen LogP contribution in [0, 0.1) is 17.0 Å². The summed E-state index contributed by atoms with van der Waals surface area (Å²) in [6.45, 7) is 1.12. The Bertz CT molecular complexity index is 1080. The Labute approximate surface area is 174 Å². The van der Waals surface area contributed by atoms with E-state index in [-0.39, 0.29) is 23.0 Å². The molecule has 0 atom stereocenters. The van der Waals surface area contributed by atoms with Crippen molar-refractivity contribution in [3.05, 3.63) is 63.7 Å². The molecule has 11 heteroatoms. The third-order valence-electron chi connectivity index (χ3n) is 4.20. The van der Waals surface area contributed by atoms with E-state index in [1.807, 2.05) is 0 Å². The second-order valence-corrected chi connectivity index (χ2v) is 8.73. The van der Waals surface area contributed by atoms with Gasteiger partial charge in [0.1, 0.15) is 6.54 Å². The third kappa shape index (κ3) is 5.54. The molecule has 30 heavy (non-hydrogen) atoms. The van der Waals surface area contributed by atoms with E-state index in [1.54, 1.807) is 21.0 Å². The van der Waals surface area contributed by atoms with Gasteiger partial charge in [-0.15, -0.1) is 0 Å². The molecule has 2 rings (SSSR count). The lowest BCUT2D eigenvalue weighted by Crippen LogP contribution is -2.37. The first-order valence-corrected chi connectivity index (χ1v) is 10.6. The Hall–Kier alpha value is -3.47. The van der Waals surface area contributed by atoms with Crippen LogP contribution in [0.3, 0.4) is 0 Å². The monoisotopic (exact) mass is 434 g/mol. The number of nitrogens with zero attached hydrogens (tertiary/aromatic N) is 3. The maximum absolute atomic E-state index is 12.5. The van der Waals surface area contributed by atoms with Gasteiger partial charge < -0.3 is 10.2 Å². The number of rotatable bonds is 7. The predicted octanol–water partition coefficient (Wildman–Crippen LogP) is 2.01. The van der Waals surface area contributed by atoms with E-state index in [0.717, 1.165) is 10.6 Å². The van der Waals surface area contributed by atoms with Crippen LogP contribution >= 0.6 is 0 Å². The summed E-state index contributed by atoms with van der Waals surface area (Å²) in [5.41, 5.74) is 1.19. The van der Waals surface area contributed by atoms with E-state index in [1.165, 1.54) is 47.4 Å². The summed E-state index contributed by atoms with van der Waals surface area (Å²) in [5, 5.41) is 13.5. The van der Waals surface area contributed by atoms with Crippen LogP contribution in [0.25, 0.3) is 0 Å². The number of non-ortho nitro benzene ring substituents is 1. The van der Waals surface area contributed by atoms with Crippen molar-refractivity contribution in [3.63, 3.8) is 0 Å². The van der Waals surface area contributed by atoms with Crippen LogP contribution in [0.15, 0.2) is 42.5 Å². The van der Waals surface area contributed by atoms with Gasteiger partial charge in [0.15, 0.2) is 0 Å². The zero-order valence-electron chi connectivity index (χ0n) is 16.9. The molecule has 0 aliphatic carbocycles. The number of sulfonamides is 1. The highest BCUT2D eigenvalue weighted by molar-refractivity contribution is 7.92. The van der Waals surface area contributed by atoms with Crippen molar-refractivity contribution in [1.82, 2.24) is 4.90 Å². The second kappa shape index (κ2) is 8.91. The third-order valence-corrected chi connectivity index (χ3v) is 5.34. The van der Waals surface area contributed by atoms with Crippen LogP contribution in [-0.2, 0) is 14.8 Å². The number of aryl methyl sites for hydroxylation is 1. The highest BCUT2D eigenvalue weighted by Gasteiger charge is 2.22. The molecule has 0 saturated heterocycles. The SMILES string of the molecule is Cc1ccc([N+](=O)[O-])cc1NC(=O)CN(c1ccc(C(=O)N(C)C)cc1)S(C)(=O)=O. The molecule has 0 spiro atoms. The first-order valence-electron chi connectivity index (χ1n) is 8.74. The van der Waals surface area contributed by atoms with Crippen molar-refractivity contribution < 1.29 is 22.9 Å². The van der Waals surface area contributed by atoms with Gasteiger partial charge in [-0.1, -0.05) is 6.07 Å². The zero-order valence-corrected chi connectivity index (χ0v) is 17.8. The summed E-state index contributed by atoms with van der Waals surface area (Å²) in [6.07, 6.45) is 0.956. The Balaban J connectivity index is 2.26. The number of carbonyl (C=O) groups excluding carboxylic acids is 2. The Kier molecular flexibility index (Phi) is 6.77. The molecule has 2 amide bonds. The number of amides is 2. The Morgan fingerprint density at radius 1 is 1.10 bits per heavy atom. The lowest BCUT2D eigenvalue weighted by atomic mass is 10.1. The van der Waals surface area contributed by atoms with E-state index in [4.69, 9.17) is 0 Å². The fourth-order valence-corrected chi connectivity index (χ4v) is 3.46. The molecule has 0 aromatic heterocycles. The van der Waals surface area contributed by atoms with Crippen molar-refractivity contribution >= 4 is 38.9 Å². The fraction of sp³-hybridized carbons (Fsp3) is 0.263. The summed E-state index contributed by atoms with van der Waals surface area (Å²) >= 11 is 0. The molecule has 2 aromatic carbocycles. The number of nitro benzene ring substituents is 1. The van der Waals surface area contributed by atoms with E-state index in [2.05, 4.69) is 5.32 Å². The average molecular weight is 434 g/mol. The van der Waals surface area contributed by atoms with Gasteiger partial charge in [-0.25, -0.2) is 8.42 Å². The maximum Gasteiger partial charge on any atom is 0.271 e. The summed E-state index contributed by atoms with van der Waals surface area (Å²) < 4.78 is 25.4. The predicted molar refractivity (Wildman–Crippen MR) is 113 cm³/mol. The number of hydrogen-bond acceptors (Lipinski definition) is 6. The number of benzene rings is 2. The van der Waals surface area contributed by atoms with Gasteiger partial charge in [-0.3, -0.25) is 24.0 Å². The van der Waals surface area contributed by atoms with E-state index < -0.39 is 27.4 Å². The van der Waals surface area contributed by atoms with Crippen molar-refractivity contribution in [2.75, 3.05) is 36.5 Å². The van der Waals surface area contributed by atoms with Crippen molar-refractivity contribution in [2.24, 2.45) is 0 Å². The molecule has 1 N–H and O–H groups in total. The Morgan fingerprint density at radius 3 is 2.20 bits per heavy atom. The molecule has 0 fully saturated rings. The highest BCUT2D eigenvalue weighted by Crippen LogP contribution is 2.23.